The number of likely N-dealkylation sites (N-methyl/N-ethyl adjacent to an activating group) is 1. The lowest BCUT2D eigenvalue weighted by Gasteiger charge is -2.35. The summed E-state index contributed by atoms with van der Waals surface area (Å²) in [4.78, 5) is 33.3. The van der Waals surface area contributed by atoms with Gasteiger partial charge in [0.2, 0.25) is 5.91 Å². The quantitative estimate of drug-likeness (QED) is 0.727. The van der Waals surface area contributed by atoms with Crippen molar-refractivity contribution < 1.29 is 9.59 Å². The summed E-state index contributed by atoms with van der Waals surface area (Å²) in [5.41, 5.74) is 2.56. The van der Waals surface area contributed by atoms with E-state index in [2.05, 4.69) is 29.0 Å². The second-order valence-electron chi connectivity index (χ2n) is 8.68. The van der Waals surface area contributed by atoms with Crippen LogP contribution in [0.1, 0.15) is 49.9 Å². The van der Waals surface area contributed by atoms with Crippen molar-refractivity contribution in [2.75, 3.05) is 42.9 Å². The minimum atomic E-state index is -0.183. The van der Waals surface area contributed by atoms with Gasteiger partial charge in [0.1, 0.15) is 0 Å². The molecule has 0 saturated carbocycles. The molecule has 0 aromatic heterocycles. The summed E-state index contributed by atoms with van der Waals surface area (Å²) in [6.07, 6.45) is 4.67. The highest BCUT2D eigenvalue weighted by atomic mass is 16.2. The molecule has 2 heterocycles. The van der Waals surface area contributed by atoms with Gasteiger partial charge in [0.25, 0.3) is 5.91 Å². The fraction of sp³-hybridized carbons (Fsp3) is 0.462. The van der Waals surface area contributed by atoms with Crippen LogP contribution in [0.2, 0.25) is 0 Å². The second-order valence-corrected chi connectivity index (χ2v) is 8.68. The number of nitrogens with one attached hydrogen (secondary N) is 1. The largest absolute Gasteiger partial charge is 0.320 e. The maximum absolute atomic E-state index is 13.9. The Labute approximate surface area is 191 Å². The Kier molecular flexibility index (Phi) is 7.22. The van der Waals surface area contributed by atoms with Crippen LogP contribution in [0.25, 0.3) is 0 Å². The third kappa shape index (κ3) is 4.71. The summed E-state index contributed by atoms with van der Waals surface area (Å²) in [7, 11) is 0. The van der Waals surface area contributed by atoms with Crippen molar-refractivity contribution >= 4 is 28.9 Å². The van der Waals surface area contributed by atoms with Crippen LogP contribution < -0.4 is 10.2 Å². The SMILES string of the molecule is CCN(CC)CC1CCCCCN1CC(=O)N1c2ccccc2NC(=O)c2ccccc21. The first-order chi connectivity index (χ1) is 15.6. The van der Waals surface area contributed by atoms with Gasteiger partial charge in [-0.1, -0.05) is 51.0 Å². The molecular weight excluding hydrogens is 400 g/mol. The maximum Gasteiger partial charge on any atom is 0.257 e. The zero-order chi connectivity index (χ0) is 22.5. The van der Waals surface area contributed by atoms with E-state index in [1.807, 2.05) is 42.5 Å². The van der Waals surface area contributed by atoms with Crippen LogP contribution in [0.15, 0.2) is 48.5 Å². The number of rotatable bonds is 6. The highest BCUT2D eigenvalue weighted by molar-refractivity contribution is 6.17. The normalized spacial score (nSPS) is 19.0. The van der Waals surface area contributed by atoms with Gasteiger partial charge in [-0.15, -0.1) is 0 Å². The summed E-state index contributed by atoms with van der Waals surface area (Å²) in [6, 6.07) is 15.3. The molecule has 4 rings (SSSR count). The van der Waals surface area contributed by atoms with Gasteiger partial charge in [-0.2, -0.15) is 0 Å². The molecule has 32 heavy (non-hydrogen) atoms. The number of nitrogens with zero attached hydrogens (tertiary/aromatic N) is 3. The second kappa shape index (κ2) is 10.3. The van der Waals surface area contributed by atoms with E-state index in [1.54, 1.807) is 11.0 Å². The highest BCUT2D eigenvalue weighted by Gasteiger charge is 2.32. The van der Waals surface area contributed by atoms with Gasteiger partial charge in [-0.3, -0.25) is 19.4 Å². The van der Waals surface area contributed by atoms with E-state index in [-0.39, 0.29) is 11.8 Å². The van der Waals surface area contributed by atoms with E-state index in [4.69, 9.17) is 0 Å². The fourth-order valence-electron chi connectivity index (χ4n) is 4.90. The Morgan fingerprint density at radius 3 is 2.50 bits per heavy atom. The van der Waals surface area contributed by atoms with Gasteiger partial charge >= 0.3 is 0 Å². The predicted molar refractivity (Wildman–Crippen MR) is 130 cm³/mol. The van der Waals surface area contributed by atoms with Gasteiger partial charge in [0.15, 0.2) is 0 Å². The van der Waals surface area contributed by atoms with Gasteiger partial charge in [0, 0.05) is 12.6 Å². The number of carbonyl (C=O) groups excluding carboxylic acids is 2. The zero-order valence-electron chi connectivity index (χ0n) is 19.2. The minimum Gasteiger partial charge on any atom is -0.320 e. The average molecular weight is 435 g/mol. The molecule has 2 amide bonds. The van der Waals surface area contributed by atoms with E-state index < -0.39 is 0 Å². The molecule has 1 atom stereocenters. The van der Waals surface area contributed by atoms with Crippen LogP contribution >= 0.6 is 0 Å². The van der Waals surface area contributed by atoms with Crippen molar-refractivity contribution in [2.24, 2.45) is 0 Å². The number of fused-ring (bicyclic) bond motifs is 2. The molecule has 2 aromatic rings. The first-order valence-electron chi connectivity index (χ1n) is 11.9. The van der Waals surface area contributed by atoms with Crippen LogP contribution in [0.5, 0.6) is 0 Å². The Morgan fingerprint density at radius 2 is 1.72 bits per heavy atom. The molecule has 6 nitrogen and oxygen atoms in total. The number of benzene rings is 2. The summed E-state index contributed by atoms with van der Waals surface area (Å²) in [5, 5.41) is 2.97. The lowest BCUT2D eigenvalue weighted by Crippen LogP contribution is -2.48. The lowest BCUT2D eigenvalue weighted by atomic mass is 10.1. The number of anilines is 3. The molecule has 1 saturated heterocycles. The fourth-order valence-corrected chi connectivity index (χ4v) is 4.90. The van der Waals surface area contributed by atoms with Gasteiger partial charge in [0.05, 0.1) is 29.2 Å². The first-order valence-corrected chi connectivity index (χ1v) is 11.9. The third-order valence-electron chi connectivity index (χ3n) is 6.73. The van der Waals surface area contributed by atoms with Crippen molar-refractivity contribution in [1.82, 2.24) is 9.80 Å². The topological polar surface area (TPSA) is 55.9 Å². The van der Waals surface area contributed by atoms with Crippen LogP contribution in [-0.2, 0) is 4.79 Å². The molecule has 170 valence electrons. The van der Waals surface area contributed by atoms with Crippen molar-refractivity contribution in [2.45, 2.75) is 45.6 Å². The Hall–Kier alpha value is -2.70. The Balaban J connectivity index is 1.66. The van der Waals surface area contributed by atoms with Crippen molar-refractivity contribution in [3.63, 3.8) is 0 Å². The van der Waals surface area contributed by atoms with Gasteiger partial charge < -0.3 is 10.2 Å². The maximum atomic E-state index is 13.9. The Morgan fingerprint density at radius 1 is 1.00 bits per heavy atom. The molecule has 1 unspecified atom stereocenters. The third-order valence-corrected chi connectivity index (χ3v) is 6.73. The van der Waals surface area contributed by atoms with Crippen LogP contribution in [-0.4, -0.2) is 60.4 Å². The molecule has 1 fully saturated rings. The summed E-state index contributed by atoms with van der Waals surface area (Å²) in [6.45, 7) is 8.72. The number of likely N-dealkylation sites (tertiary alicyclic amines) is 1. The molecule has 2 aromatic carbocycles. The molecule has 0 aliphatic carbocycles. The smallest absolute Gasteiger partial charge is 0.257 e. The number of hydrogen-bond acceptors (Lipinski definition) is 4. The minimum absolute atomic E-state index is 0.00727. The molecule has 1 N–H and O–H groups in total. The predicted octanol–water partition coefficient (Wildman–Crippen LogP) is 4.50. The number of carbonyl (C=O) groups is 2. The van der Waals surface area contributed by atoms with Gasteiger partial charge in [-0.05, 0) is 56.7 Å². The Bertz CT molecular complexity index is 956. The molecule has 0 bridgehead atoms. The van der Waals surface area contributed by atoms with E-state index >= 15 is 0 Å². The van der Waals surface area contributed by atoms with E-state index in [0.717, 1.165) is 44.7 Å². The van der Waals surface area contributed by atoms with E-state index in [9.17, 15) is 9.59 Å². The van der Waals surface area contributed by atoms with Crippen molar-refractivity contribution in [3.05, 3.63) is 54.1 Å². The van der Waals surface area contributed by atoms with Crippen LogP contribution in [0.3, 0.4) is 0 Å². The van der Waals surface area contributed by atoms with Crippen LogP contribution in [0.4, 0.5) is 17.1 Å². The summed E-state index contributed by atoms with van der Waals surface area (Å²) in [5.74, 6) is -0.176. The summed E-state index contributed by atoms with van der Waals surface area (Å²) < 4.78 is 0. The van der Waals surface area contributed by atoms with E-state index in [0.29, 0.717) is 29.5 Å². The molecule has 0 radical (unpaired) electrons. The molecule has 6 heteroatoms. The van der Waals surface area contributed by atoms with Crippen molar-refractivity contribution in [1.29, 1.82) is 0 Å². The zero-order valence-corrected chi connectivity index (χ0v) is 19.2. The number of para-hydroxylation sites is 3. The number of amides is 2. The highest BCUT2D eigenvalue weighted by Crippen LogP contribution is 2.38. The van der Waals surface area contributed by atoms with E-state index in [1.165, 1.54) is 12.8 Å². The summed E-state index contributed by atoms with van der Waals surface area (Å²) >= 11 is 0. The van der Waals surface area contributed by atoms with Crippen molar-refractivity contribution in [3.8, 4) is 0 Å². The standard InChI is InChI=1S/C26H34N4O2/c1-3-28(4-2)18-20-12-6-5-11-17-29(20)19-25(31)30-23-15-9-7-13-21(23)26(32)27-22-14-8-10-16-24(22)30/h7-10,13-16,20H,3-6,11-12,17-19H2,1-2H3,(H,27,32). The first kappa shape index (κ1) is 22.5. The van der Waals surface area contributed by atoms with Crippen LogP contribution in [0, 0.1) is 0 Å². The molecular formula is C26H34N4O2. The molecule has 2 aliphatic rings. The lowest BCUT2D eigenvalue weighted by molar-refractivity contribution is -0.119. The molecule has 2 aliphatic heterocycles. The molecule has 0 spiro atoms. The van der Waals surface area contributed by atoms with Gasteiger partial charge in [-0.25, -0.2) is 0 Å². The average Bonchev–Trinajstić information content (AvgIpc) is 3.10. The monoisotopic (exact) mass is 434 g/mol. The number of hydrogen-bond donors (Lipinski definition) is 1.